The van der Waals surface area contributed by atoms with Crippen molar-refractivity contribution in [3.05, 3.63) is 24.2 Å². The average Bonchev–Trinajstić information content (AvgIpc) is 3.15. The van der Waals surface area contributed by atoms with Crippen LogP contribution >= 0.6 is 0 Å². The Balaban J connectivity index is 2.06. The summed E-state index contributed by atoms with van der Waals surface area (Å²) in [6, 6.07) is 3.07. The van der Waals surface area contributed by atoms with E-state index in [9.17, 15) is 14.4 Å². The molecule has 3 rings (SSSR count). The van der Waals surface area contributed by atoms with Crippen LogP contribution in [0.25, 0.3) is 0 Å². The first kappa shape index (κ1) is 14.8. The van der Waals surface area contributed by atoms with Crippen LogP contribution in [0, 0.1) is 11.8 Å². The van der Waals surface area contributed by atoms with E-state index in [-0.39, 0.29) is 18.4 Å². The smallest absolute Gasteiger partial charge is 0.368 e. The highest BCUT2D eigenvalue weighted by Gasteiger charge is 2.70. The van der Waals surface area contributed by atoms with Crippen molar-refractivity contribution < 1.29 is 28.9 Å². The molecule has 118 valence electrons. The number of esters is 1. The van der Waals surface area contributed by atoms with Gasteiger partial charge in [0.15, 0.2) is 11.8 Å². The quantitative estimate of drug-likeness (QED) is 0.597. The van der Waals surface area contributed by atoms with Crippen molar-refractivity contribution in [1.82, 2.24) is 4.90 Å². The van der Waals surface area contributed by atoms with Gasteiger partial charge in [0.2, 0.25) is 17.4 Å². The second-order valence-electron chi connectivity index (χ2n) is 5.95. The Bertz CT molecular complexity index is 626. The van der Waals surface area contributed by atoms with E-state index in [1.54, 1.807) is 31.3 Å². The molecule has 2 aliphatic rings. The van der Waals surface area contributed by atoms with Crippen molar-refractivity contribution in [1.29, 1.82) is 0 Å². The molecule has 0 aromatic carbocycles. The highest BCUT2D eigenvalue weighted by Crippen LogP contribution is 2.43. The van der Waals surface area contributed by atoms with Crippen molar-refractivity contribution in [3.63, 3.8) is 0 Å². The molecule has 0 unspecified atom stereocenters. The third-order valence-electron chi connectivity index (χ3n) is 4.72. The maximum absolute atomic E-state index is 12.5. The lowest BCUT2D eigenvalue weighted by atomic mass is 9.81. The molecule has 4 atom stereocenters. The Morgan fingerprint density at radius 1 is 1.45 bits per heavy atom. The summed E-state index contributed by atoms with van der Waals surface area (Å²) in [4.78, 5) is 38.5. The monoisotopic (exact) mass is 307 g/mol. The van der Waals surface area contributed by atoms with Gasteiger partial charge in [-0.25, -0.2) is 4.79 Å². The molecule has 2 aliphatic heterocycles. The number of nitrogens with two attached hydrogens (primary N) is 1. The van der Waals surface area contributed by atoms with Gasteiger partial charge in [-0.05, 0) is 19.1 Å². The zero-order valence-corrected chi connectivity index (χ0v) is 12.7. The highest BCUT2D eigenvalue weighted by atomic mass is 16.5. The van der Waals surface area contributed by atoms with Gasteiger partial charge >= 0.3 is 5.97 Å². The van der Waals surface area contributed by atoms with Crippen molar-refractivity contribution >= 4 is 17.8 Å². The molecular weight excluding hydrogens is 288 g/mol. The van der Waals surface area contributed by atoms with E-state index in [1.165, 1.54) is 13.3 Å². The number of rotatable bonds is 3. The predicted molar refractivity (Wildman–Crippen MR) is 73.2 cm³/mol. The number of amides is 2. The van der Waals surface area contributed by atoms with Gasteiger partial charge in [-0.3, -0.25) is 14.5 Å². The van der Waals surface area contributed by atoms with Gasteiger partial charge in [0.05, 0.1) is 12.9 Å². The summed E-state index contributed by atoms with van der Waals surface area (Å²) < 4.78 is 10.6. The van der Waals surface area contributed by atoms with E-state index in [4.69, 9.17) is 9.15 Å². The first-order chi connectivity index (χ1) is 10.4. The Morgan fingerprint density at radius 3 is 2.77 bits per heavy atom. The van der Waals surface area contributed by atoms with Gasteiger partial charge in [0, 0.05) is 14.0 Å². The lowest BCUT2D eigenvalue weighted by Gasteiger charge is -2.24. The Kier molecular flexibility index (Phi) is 3.32. The number of furan rings is 1. The first-order valence-electron chi connectivity index (χ1n) is 7.30. The summed E-state index contributed by atoms with van der Waals surface area (Å²) in [7, 11) is 1.45. The fourth-order valence-corrected chi connectivity index (χ4v) is 3.63. The predicted octanol–water partition coefficient (Wildman–Crippen LogP) is -0.549. The van der Waals surface area contributed by atoms with Crippen LogP contribution in [-0.4, -0.2) is 41.9 Å². The normalized spacial score (nSPS) is 34.1. The molecule has 22 heavy (non-hydrogen) atoms. The maximum atomic E-state index is 12.5. The van der Waals surface area contributed by atoms with E-state index < -0.39 is 29.4 Å². The summed E-state index contributed by atoms with van der Waals surface area (Å²) in [5.74, 6) is -1.86. The SMILES string of the molecule is CCOC(=O)[C@]1(C)[NH2+][C@@H](c2ccco2)[C@H]2C(=O)N(C)C(=O)[C@H]21. The number of carbonyl (C=O) groups is 3. The van der Waals surface area contributed by atoms with Crippen molar-refractivity contribution in [2.45, 2.75) is 25.4 Å². The van der Waals surface area contributed by atoms with Crippen LogP contribution in [0.4, 0.5) is 0 Å². The van der Waals surface area contributed by atoms with Gasteiger partial charge in [0.25, 0.3) is 0 Å². The van der Waals surface area contributed by atoms with Crippen LogP contribution in [0.5, 0.6) is 0 Å². The zero-order chi connectivity index (χ0) is 16.1. The maximum Gasteiger partial charge on any atom is 0.368 e. The van der Waals surface area contributed by atoms with E-state index in [0.717, 1.165) is 4.90 Å². The molecule has 2 fully saturated rings. The molecule has 0 spiro atoms. The molecule has 2 amide bonds. The molecule has 1 aromatic rings. The largest absolute Gasteiger partial charge is 0.463 e. The topological polar surface area (TPSA) is 93.4 Å². The van der Waals surface area contributed by atoms with Crippen LogP contribution in [0.1, 0.15) is 25.6 Å². The number of nitrogens with zero attached hydrogens (tertiary/aromatic N) is 1. The van der Waals surface area contributed by atoms with E-state index in [1.807, 2.05) is 0 Å². The Labute approximate surface area is 127 Å². The first-order valence-corrected chi connectivity index (χ1v) is 7.30. The molecule has 0 bridgehead atoms. The number of hydrogen-bond donors (Lipinski definition) is 1. The molecule has 0 aliphatic carbocycles. The number of fused-ring (bicyclic) bond motifs is 1. The third-order valence-corrected chi connectivity index (χ3v) is 4.72. The summed E-state index contributed by atoms with van der Waals surface area (Å²) >= 11 is 0. The minimum atomic E-state index is -1.13. The summed E-state index contributed by atoms with van der Waals surface area (Å²) in [6.45, 7) is 3.60. The number of imide groups is 1. The van der Waals surface area contributed by atoms with Crippen LogP contribution < -0.4 is 5.32 Å². The van der Waals surface area contributed by atoms with Crippen LogP contribution in [0.15, 0.2) is 22.8 Å². The van der Waals surface area contributed by atoms with Crippen molar-refractivity contribution in [2.24, 2.45) is 11.8 Å². The molecule has 2 N–H and O–H groups in total. The van der Waals surface area contributed by atoms with Gasteiger partial charge in [0.1, 0.15) is 11.8 Å². The third kappa shape index (κ3) is 1.81. The number of likely N-dealkylation sites (tertiary alicyclic amines) is 1. The van der Waals surface area contributed by atoms with Gasteiger partial charge in [-0.15, -0.1) is 0 Å². The molecule has 1 aromatic heterocycles. The minimum Gasteiger partial charge on any atom is -0.463 e. The Hall–Kier alpha value is -2.15. The summed E-state index contributed by atoms with van der Waals surface area (Å²) in [5.41, 5.74) is -1.13. The fourth-order valence-electron chi connectivity index (χ4n) is 3.63. The fraction of sp³-hybridized carbons (Fsp3) is 0.533. The summed E-state index contributed by atoms with van der Waals surface area (Å²) in [6.07, 6.45) is 1.52. The summed E-state index contributed by atoms with van der Waals surface area (Å²) in [5, 5.41) is 1.74. The van der Waals surface area contributed by atoms with Gasteiger partial charge in [-0.1, -0.05) is 0 Å². The molecule has 0 radical (unpaired) electrons. The number of ether oxygens (including phenoxy) is 1. The van der Waals surface area contributed by atoms with E-state index in [2.05, 4.69) is 0 Å². The van der Waals surface area contributed by atoms with Gasteiger partial charge in [-0.2, -0.15) is 0 Å². The van der Waals surface area contributed by atoms with Crippen LogP contribution in [0.2, 0.25) is 0 Å². The molecule has 7 nitrogen and oxygen atoms in total. The van der Waals surface area contributed by atoms with Crippen LogP contribution in [0.3, 0.4) is 0 Å². The molecule has 2 saturated heterocycles. The Morgan fingerprint density at radius 2 is 2.18 bits per heavy atom. The number of carbonyl (C=O) groups excluding carboxylic acids is 3. The van der Waals surface area contributed by atoms with E-state index >= 15 is 0 Å². The van der Waals surface area contributed by atoms with Crippen molar-refractivity contribution in [2.75, 3.05) is 13.7 Å². The second-order valence-corrected chi connectivity index (χ2v) is 5.95. The average molecular weight is 307 g/mol. The zero-order valence-electron chi connectivity index (χ0n) is 12.7. The molecular formula is C15H19N2O5+. The van der Waals surface area contributed by atoms with Crippen LogP contribution in [-0.2, 0) is 19.1 Å². The molecule has 0 saturated carbocycles. The van der Waals surface area contributed by atoms with Gasteiger partial charge < -0.3 is 14.5 Å². The minimum absolute atomic E-state index is 0.225. The molecule has 3 heterocycles. The van der Waals surface area contributed by atoms with Crippen molar-refractivity contribution in [3.8, 4) is 0 Å². The number of quaternary nitrogens is 1. The lowest BCUT2D eigenvalue weighted by molar-refractivity contribution is -0.732. The standard InChI is InChI=1S/C15H18N2O5/c1-4-21-14(20)15(2)10-9(12(18)17(3)13(10)19)11(16-15)8-6-5-7-22-8/h5-7,9-11,16H,4H2,1-3H3/p+1/t9-,10-,11-,15+/m0/s1. The second kappa shape index (κ2) is 4.95. The highest BCUT2D eigenvalue weighted by molar-refractivity contribution is 6.08. The lowest BCUT2D eigenvalue weighted by Crippen LogP contribution is -2.97. The van der Waals surface area contributed by atoms with E-state index in [0.29, 0.717) is 5.76 Å². The number of hydrogen-bond acceptors (Lipinski definition) is 5. The molecule has 7 heteroatoms.